The number of morpholine rings is 1. The number of sulfonamides is 1. The van der Waals surface area contributed by atoms with Crippen LogP contribution in [0.4, 0.5) is 0 Å². The highest BCUT2D eigenvalue weighted by Gasteiger charge is 2.41. The van der Waals surface area contributed by atoms with E-state index in [2.05, 4.69) is 5.32 Å². The summed E-state index contributed by atoms with van der Waals surface area (Å²) in [6, 6.07) is 4.70. The fourth-order valence-electron chi connectivity index (χ4n) is 2.93. The van der Waals surface area contributed by atoms with E-state index in [1.807, 2.05) is 0 Å². The normalized spacial score (nSPS) is 23.2. The number of carbonyl (C=O) groups excluding carboxylic acids is 2. The number of aryl methyl sites for hydroxylation is 1. The van der Waals surface area contributed by atoms with Crippen molar-refractivity contribution in [1.82, 2.24) is 9.62 Å². The molecule has 2 aliphatic heterocycles. The molecule has 1 aromatic carbocycles. The molecule has 4 N–H and O–H groups in total. The second kappa shape index (κ2) is 8.11. The molecule has 9 nitrogen and oxygen atoms in total. The van der Waals surface area contributed by atoms with Crippen LogP contribution < -0.4 is 11.1 Å². The van der Waals surface area contributed by atoms with Crippen molar-refractivity contribution in [3.63, 3.8) is 0 Å². The number of rotatable bonds is 5. The van der Waals surface area contributed by atoms with Gasteiger partial charge in [-0.2, -0.15) is 4.31 Å². The summed E-state index contributed by atoms with van der Waals surface area (Å²) in [5.74, 6) is -2.54. The van der Waals surface area contributed by atoms with Gasteiger partial charge in [0, 0.05) is 13.1 Å². The Morgan fingerprint density at radius 1 is 1.32 bits per heavy atom. The van der Waals surface area contributed by atoms with Crippen LogP contribution in [0, 0.1) is 12.8 Å². The summed E-state index contributed by atoms with van der Waals surface area (Å²) in [7, 11) is -3.81. The molecule has 0 radical (unpaired) electrons. The minimum Gasteiger partial charge on any atom is -0.507 e. The van der Waals surface area contributed by atoms with Crippen LogP contribution in [-0.4, -0.2) is 61.3 Å². The zero-order valence-corrected chi connectivity index (χ0v) is 16.8. The zero-order valence-electron chi connectivity index (χ0n) is 15.1. The number of nitrogens with one attached hydrogen (secondary N) is 1. The lowest BCUT2D eigenvalue weighted by Crippen LogP contribution is -2.41. The number of ether oxygens (including phenoxy) is 1. The number of nitrogens with zero attached hydrogens (tertiary/aromatic N) is 1. The first-order chi connectivity index (χ1) is 13.2. The highest BCUT2D eigenvalue weighted by atomic mass is 32.3. The summed E-state index contributed by atoms with van der Waals surface area (Å²) in [5.41, 5.74) is 5.97. The van der Waals surface area contributed by atoms with E-state index in [4.69, 9.17) is 10.5 Å². The molecule has 0 aliphatic carbocycles. The summed E-state index contributed by atoms with van der Waals surface area (Å²) in [6.45, 7) is 2.68. The van der Waals surface area contributed by atoms with Crippen molar-refractivity contribution in [1.29, 1.82) is 0 Å². The van der Waals surface area contributed by atoms with E-state index in [1.165, 1.54) is 16.4 Å². The number of carbonyl (C=O) groups is 2. The summed E-state index contributed by atoms with van der Waals surface area (Å²) in [6.07, 6.45) is 1.28. The Bertz CT molecular complexity index is 925. The van der Waals surface area contributed by atoms with E-state index >= 15 is 0 Å². The molecule has 0 saturated carbocycles. The van der Waals surface area contributed by atoms with Crippen LogP contribution in [0.1, 0.15) is 15.9 Å². The molecule has 2 atom stereocenters. The molecule has 28 heavy (non-hydrogen) atoms. The van der Waals surface area contributed by atoms with Crippen LogP contribution in [0.5, 0.6) is 5.75 Å². The van der Waals surface area contributed by atoms with E-state index in [9.17, 15) is 23.1 Å². The molecule has 1 fully saturated rings. The number of hydrogen-bond donors (Lipinski definition) is 3. The topological polar surface area (TPSA) is 139 Å². The minimum atomic E-state index is -3.81. The molecule has 0 aromatic heterocycles. The molecule has 2 amide bonds. The summed E-state index contributed by atoms with van der Waals surface area (Å²) in [4.78, 5) is 24.4. The van der Waals surface area contributed by atoms with Gasteiger partial charge >= 0.3 is 0 Å². The predicted octanol–water partition coefficient (Wildman–Crippen LogP) is 0.108. The van der Waals surface area contributed by atoms with Gasteiger partial charge in [0.05, 0.1) is 30.1 Å². The molecule has 0 bridgehead atoms. The molecule has 1 saturated heterocycles. The molecule has 2 heterocycles. The standard InChI is InChI=1S/C17H21N3O6S2/c1-10-3-2-4-11(14(10)21)16(23)19-17-12(15(18)22)9-13(27-17)28(24,25)20-5-7-26-8-6-20/h2-4,9,12,17,21H,5-8H2,1H3,(H2,18,22)(H,19,23). The maximum atomic E-state index is 12.8. The summed E-state index contributed by atoms with van der Waals surface area (Å²) in [5, 5.41) is 11.8. The molecule has 2 aliphatic rings. The SMILES string of the molecule is Cc1cccc(C(=O)NC2SC(S(=O)(=O)N3CCOCC3)=CC2C(N)=O)c1O. The predicted molar refractivity (Wildman–Crippen MR) is 104 cm³/mol. The first-order valence-corrected chi connectivity index (χ1v) is 10.9. The number of amides is 2. The lowest BCUT2D eigenvalue weighted by molar-refractivity contribution is -0.120. The summed E-state index contributed by atoms with van der Waals surface area (Å²) >= 11 is 0.857. The monoisotopic (exact) mass is 427 g/mol. The number of aromatic hydroxyl groups is 1. The van der Waals surface area contributed by atoms with E-state index in [0.29, 0.717) is 18.8 Å². The molecule has 0 spiro atoms. The number of phenols is 1. The first kappa shape index (κ1) is 20.6. The highest BCUT2D eigenvalue weighted by Crippen LogP contribution is 2.40. The van der Waals surface area contributed by atoms with Crippen LogP contribution in [0.3, 0.4) is 0 Å². The average molecular weight is 428 g/mol. The van der Waals surface area contributed by atoms with Gasteiger partial charge in [-0.15, -0.1) is 0 Å². The van der Waals surface area contributed by atoms with Crippen molar-refractivity contribution in [2.45, 2.75) is 12.3 Å². The minimum absolute atomic E-state index is 0.0306. The Labute approximate surface area is 167 Å². The van der Waals surface area contributed by atoms with Crippen LogP contribution >= 0.6 is 11.8 Å². The lowest BCUT2D eigenvalue weighted by atomic mass is 10.1. The molecule has 1 aromatic rings. The third-order valence-corrected chi connectivity index (χ3v) is 8.18. The maximum Gasteiger partial charge on any atom is 0.255 e. The Kier molecular flexibility index (Phi) is 5.98. The van der Waals surface area contributed by atoms with Crippen LogP contribution in [0.15, 0.2) is 28.5 Å². The average Bonchev–Trinajstić information content (AvgIpc) is 3.09. The van der Waals surface area contributed by atoms with E-state index < -0.39 is 33.1 Å². The number of para-hydroxylation sites is 1. The number of benzene rings is 1. The molecule has 3 rings (SSSR count). The fourth-order valence-corrected chi connectivity index (χ4v) is 6.25. The van der Waals surface area contributed by atoms with Crippen molar-refractivity contribution in [2.75, 3.05) is 26.3 Å². The van der Waals surface area contributed by atoms with Crippen molar-refractivity contribution in [3.8, 4) is 5.75 Å². The number of thioether (sulfide) groups is 1. The van der Waals surface area contributed by atoms with Crippen LogP contribution in [0.2, 0.25) is 0 Å². The van der Waals surface area contributed by atoms with Crippen molar-refractivity contribution in [3.05, 3.63) is 39.6 Å². The number of nitrogens with two attached hydrogens (primary N) is 1. The second-order valence-corrected chi connectivity index (χ2v) is 9.76. The molecule has 11 heteroatoms. The molecular weight excluding hydrogens is 406 g/mol. The van der Waals surface area contributed by atoms with E-state index in [1.54, 1.807) is 19.1 Å². The molecule has 2 unspecified atom stereocenters. The van der Waals surface area contributed by atoms with Gasteiger partial charge < -0.3 is 20.9 Å². The van der Waals surface area contributed by atoms with Crippen LogP contribution in [-0.2, 0) is 19.6 Å². The fraction of sp³-hybridized carbons (Fsp3) is 0.412. The second-order valence-electron chi connectivity index (χ2n) is 6.41. The molecular formula is C17H21N3O6S2. The number of primary amides is 1. The van der Waals surface area contributed by atoms with E-state index in [-0.39, 0.29) is 28.6 Å². The van der Waals surface area contributed by atoms with Gasteiger partial charge in [-0.1, -0.05) is 23.9 Å². The smallest absolute Gasteiger partial charge is 0.255 e. The van der Waals surface area contributed by atoms with Crippen molar-refractivity contribution < 1.29 is 27.9 Å². The first-order valence-electron chi connectivity index (χ1n) is 8.57. The largest absolute Gasteiger partial charge is 0.507 e. The Hall–Kier alpha value is -2.08. The zero-order chi connectivity index (χ0) is 20.5. The van der Waals surface area contributed by atoms with Gasteiger partial charge in [0.25, 0.3) is 5.91 Å². The van der Waals surface area contributed by atoms with Crippen LogP contribution in [0.25, 0.3) is 0 Å². The number of hydrogen-bond acceptors (Lipinski definition) is 7. The quantitative estimate of drug-likeness (QED) is 0.606. The van der Waals surface area contributed by atoms with Gasteiger partial charge in [-0.05, 0) is 24.6 Å². The Morgan fingerprint density at radius 3 is 2.64 bits per heavy atom. The van der Waals surface area contributed by atoms with Gasteiger partial charge in [-0.3, -0.25) is 9.59 Å². The van der Waals surface area contributed by atoms with E-state index in [0.717, 1.165) is 11.8 Å². The lowest BCUT2D eigenvalue weighted by Gasteiger charge is -2.26. The Balaban J connectivity index is 1.80. The van der Waals surface area contributed by atoms with Gasteiger partial charge in [-0.25, -0.2) is 8.42 Å². The third kappa shape index (κ3) is 4.02. The van der Waals surface area contributed by atoms with Gasteiger partial charge in [0.1, 0.15) is 9.99 Å². The van der Waals surface area contributed by atoms with Gasteiger partial charge in [0.2, 0.25) is 15.9 Å². The molecule has 152 valence electrons. The van der Waals surface area contributed by atoms with Crippen molar-refractivity contribution >= 4 is 33.6 Å². The maximum absolute atomic E-state index is 12.8. The highest BCUT2D eigenvalue weighted by molar-refractivity contribution is 8.18. The third-order valence-electron chi connectivity index (χ3n) is 4.53. The van der Waals surface area contributed by atoms with Gasteiger partial charge in [0.15, 0.2) is 0 Å². The Morgan fingerprint density at radius 2 is 2.00 bits per heavy atom. The summed E-state index contributed by atoms with van der Waals surface area (Å²) < 4.78 is 32.1. The number of phenolic OH excluding ortho intramolecular Hbond substituents is 1. The van der Waals surface area contributed by atoms with Crippen molar-refractivity contribution in [2.24, 2.45) is 11.7 Å².